The molecule has 1 fully saturated rings. The van der Waals surface area contributed by atoms with Crippen molar-refractivity contribution in [2.45, 2.75) is 19.0 Å². The van der Waals surface area contributed by atoms with Gasteiger partial charge < -0.3 is 4.57 Å². The Kier molecular flexibility index (Phi) is 3.06. The minimum absolute atomic E-state index is 0.553. The molecule has 2 aliphatic rings. The van der Waals surface area contributed by atoms with Crippen LogP contribution >= 0.6 is 0 Å². The molecule has 6 heteroatoms. The summed E-state index contributed by atoms with van der Waals surface area (Å²) in [5.41, 5.74) is 3.72. The maximum absolute atomic E-state index is 4.76. The van der Waals surface area contributed by atoms with E-state index >= 15 is 0 Å². The lowest BCUT2D eigenvalue weighted by Crippen LogP contribution is -2.22. The van der Waals surface area contributed by atoms with Gasteiger partial charge in [0.1, 0.15) is 5.82 Å². The lowest BCUT2D eigenvalue weighted by atomic mass is 9.99. The van der Waals surface area contributed by atoms with E-state index in [1.54, 1.807) is 0 Å². The number of fused-ring (bicyclic) bond motifs is 3. The van der Waals surface area contributed by atoms with Crippen LogP contribution in [-0.4, -0.2) is 42.3 Å². The van der Waals surface area contributed by atoms with Gasteiger partial charge in [-0.2, -0.15) is 5.10 Å². The zero-order valence-electron chi connectivity index (χ0n) is 13.7. The molecule has 3 aromatic heterocycles. The number of likely N-dealkylation sites (tertiary alicyclic amines) is 1. The Morgan fingerprint density at radius 2 is 2.00 bits per heavy atom. The van der Waals surface area contributed by atoms with Gasteiger partial charge in [0.15, 0.2) is 0 Å². The first-order chi connectivity index (χ1) is 11.8. The molecule has 5 rings (SSSR count). The fourth-order valence-corrected chi connectivity index (χ4v) is 4.24. The predicted octanol–water partition coefficient (Wildman–Crippen LogP) is 1.91. The number of hydrogen-bond acceptors (Lipinski definition) is 4. The van der Waals surface area contributed by atoms with Crippen LogP contribution < -0.4 is 0 Å². The molecule has 6 nitrogen and oxygen atoms in total. The normalized spacial score (nSPS) is 22.7. The molecule has 0 spiro atoms. The second-order valence-corrected chi connectivity index (χ2v) is 6.93. The molecule has 0 radical (unpaired) electrons. The molecule has 0 bridgehead atoms. The van der Waals surface area contributed by atoms with Crippen molar-refractivity contribution in [2.75, 3.05) is 13.1 Å². The van der Waals surface area contributed by atoms with E-state index in [0.29, 0.717) is 11.8 Å². The van der Waals surface area contributed by atoms with Crippen LogP contribution in [0.15, 0.2) is 43.1 Å². The van der Waals surface area contributed by atoms with Crippen LogP contribution in [0.3, 0.4) is 0 Å². The largest absolute Gasteiger partial charge is 0.327 e. The maximum atomic E-state index is 4.76. The molecule has 1 saturated heterocycles. The van der Waals surface area contributed by atoms with Crippen molar-refractivity contribution in [3.63, 3.8) is 0 Å². The van der Waals surface area contributed by atoms with Gasteiger partial charge in [-0.05, 0) is 12.1 Å². The summed E-state index contributed by atoms with van der Waals surface area (Å²) < 4.78 is 4.28. The first-order valence-corrected chi connectivity index (χ1v) is 8.43. The Morgan fingerprint density at radius 1 is 1.12 bits per heavy atom. The topological polar surface area (TPSA) is 51.8 Å². The van der Waals surface area contributed by atoms with Gasteiger partial charge in [-0.3, -0.25) is 14.6 Å². The first kappa shape index (κ1) is 13.9. The van der Waals surface area contributed by atoms with E-state index in [1.165, 1.54) is 22.6 Å². The number of imidazole rings is 1. The van der Waals surface area contributed by atoms with Gasteiger partial charge in [0.05, 0.1) is 18.1 Å². The van der Waals surface area contributed by atoms with Crippen LogP contribution in [0.1, 0.15) is 17.3 Å². The van der Waals surface area contributed by atoms with Crippen molar-refractivity contribution in [2.24, 2.45) is 13.0 Å². The first-order valence-electron chi connectivity index (χ1n) is 8.43. The molecular weight excluding hydrogens is 300 g/mol. The Hall–Kier alpha value is -2.47. The van der Waals surface area contributed by atoms with Crippen LogP contribution in [0.4, 0.5) is 0 Å². The highest BCUT2D eigenvalue weighted by atomic mass is 15.3. The van der Waals surface area contributed by atoms with E-state index in [0.717, 1.165) is 26.2 Å². The second-order valence-electron chi connectivity index (χ2n) is 6.93. The lowest BCUT2D eigenvalue weighted by Gasteiger charge is -2.16. The summed E-state index contributed by atoms with van der Waals surface area (Å²) in [6.45, 7) is 4.28. The molecule has 0 unspecified atom stereocenters. The molecule has 0 aromatic carbocycles. The van der Waals surface area contributed by atoms with Crippen LogP contribution in [0, 0.1) is 5.92 Å². The monoisotopic (exact) mass is 320 g/mol. The van der Waals surface area contributed by atoms with Gasteiger partial charge in [0.25, 0.3) is 0 Å². The Balaban J connectivity index is 1.37. The van der Waals surface area contributed by atoms with Crippen LogP contribution in [0.25, 0.3) is 11.3 Å². The van der Waals surface area contributed by atoms with Crippen molar-refractivity contribution in [1.82, 2.24) is 29.2 Å². The average molecular weight is 320 g/mol. The highest BCUT2D eigenvalue weighted by Crippen LogP contribution is 2.41. The number of pyridine rings is 1. The van der Waals surface area contributed by atoms with Gasteiger partial charge in [-0.1, -0.05) is 0 Å². The second kappa shape index (κ2) is 5.27. The number of hydrogen-bond donors (Lipinski definition) is 0. The molecule has 0 amide bonds. The fourth-order valence-electron chi connectivity index (χ4n) is 4.24. The van der Waals surface area contributed by atoms with Crippen molar-refractivity contribution in [3.8, 4) is 11.3 Å². The number of aromatic nitrogens is 5. The van der Waals surface area contributed by atoms with Crippen molar-refractivity contribution in [3.05, 3.63) is 54.5 Å². The zero-order chi connectivity index (χ0) is 16.1. The minimum Gasteiger partial charge on any atom is -0.327 e. The lowest BCUT2D eigenvalue weighted by molar-refractivity contribution is 0.306. The average Bonchev–Trinajstić information content (AvgIpc) is 3.31. The van der Waals surface area contributed by atoms with Crippen LogP contribution in [-0.2, 0) is 20.1 Å². The van der Waals surface area contributed by atoms with Crippen molar-refractivity contribution < 1.29 is 0 Å². The number of nitrogens with zero attached hydrogens (tertiary/aromatic N) is 6. The van der Waals surface area contributed by atoms with Gasteiger partial charge in [0.2, 0.25) is 0 Å². The van der Waals surface area contributed by atoms with Crippen molar-refractivity contribution >= 4 is 0 Å². The molecule has 2 atom stereocenters. The molecular formula is C18H20N6. The predicted molar refractivity (Wildman–Crippen MR) is 90.2 cm³/mol. The zero-order valence-corrected chi connectivity index (χ0v) is 13.7. The fraction of sp³-hybridized carbons (Fsp3) is 0.389. The molecule has 0 N–H and O–H groups in total. The summed E-state index contributed by atoms with van der Waals surface area (Å²) in [4.78, 5) is 11.4. The minimum atomic E-state index is 0.553. The number of aryl methyl sites for hydroxylation is 1. The van der Waals surface area contributed by atoms with Crippen molar-refractivity contribution in [1.29, 1.82) is 0 Å². The summed E-state index contributed by atoms with van der Waals surface area (Å²) in [7, 11) is 1.97. The molecule has 122 valence electrons. The molecule has 2 aliphatic heterocycles. The standard InChI is InChI=1S/C18H20N6/c1-22-8-13(6-21-22)9-23-10-15-11-24-17(14-2-4-19-5-3-14)7-20-18(24)16(15)12-23/h2-8,15-16H,9-12H2,1H3/t15-,16-/m0/s1. The SMILES string of the molecule is Cn1cc(CN2C[C@H]3Cn4c(-c5ccncc5)cnc4[C@H]3C2)cn1. The van der Waals surface area contributed by atoms with Crippen LogP contribution in [0.2, 0.25) is 0 Å². The maximum Gasteiger partial charge on any atom is 0.113 e. The Labute approximate surface area is 140 Å². The quantitative estimate of drug-likeness (QED) is 0.740. The third kappa shape index (κ3) is 2.17. The summed E-state index contributed by atoms with van der Waals surface area (Å²) in [5.74, 6) is 2.48. The van der Waals surface area contributed by atoms with Gasteiger partial charge in [-0.25, -0.2) is 4.98 Å². The van der Waals surface area contributed by atoms with E-state index < -0.39 is 0 Å². The van der Waals surface area contributed by atoms with E-state index in [-0.39, 0.29) is 0 Å². The molecule has 0 saturated carbocycles. The van der Waals surface area contributed by atoms with Crippen LogP contribution in [0.5, 0.6) is 0 Å². The van der Waals surface area contributed by atoms with Gasteiger partial charge in [-0.15, -0.1) is 0 Å². The Morgan fingerprint density at radius 3 is 2.79 bits per heavy atom. The van der Waals surface area contributed by atoms with Gasteiger partial charge in [0, 0.05) is 74.8 Å². The highest BCUT2D eigenvalue weighted by molar-refractivity contribution is 5.59. The smallest absolute Gasteiger partial charge is 0.113 e. The summed E-state index contributed by atoms with van der Waals surface area (Å²) in [5, 5.41) is 4.27. The third-order valence-electron chi connectivity index (χ3n) is 5.29. The highest BCUT2D eigenvalue weighted by Gasteiger charge is 2.42. The van der Waals surface area contributed by atoms with E-state index in [4.69, 9.17) is 4.98 Å². The van der Waals surface area contributed by atoms with E-state index in [2.05, 4.69) is 37.9 Å². The summed E-state index contributed by atoms with van der Waals surface area (Å²) >= 11 is 0. The molecule has 3 aromatic rings. The Bertz CT molecular complexity index is 865. The molecule has 5 heterocycles. The number of rotatable bonds is 3. The van der Waals surface area contributed by atoms with E-state index in [1.807, 2.05) is 36.5 Å². The summed E-state index contributed by atoms with van der Waals surface area (Å²) in [6, 6.07) is 4.13. The van der Waals surface area contributed by atoms with Gasteiger partial charge >= 0.3 is 0 Å². The third-order valence-corrected chi connectivity index (χ3v) is 5.29. The summed E-state index contributed by atoms with van der Waals surface area (Å²) in [6.07, 6.45) is 9.79. The molecule has 24 heavy (non-hydrogen) atoms. The molecule has 0 aliphatic carbocycles. The van der Waals surface area contributed by atoms with E-state index in [9.17, 15) is 0 Å².